The van der Waals surface area contributed by atoms with Gasteiger partial charge in [-0.3, -0.25) is 33.6 Å². The smallest absolute Gasteiger partial charge is 0.254 e. The van der Waals surface area contributed by atoms with Crippen molar-refractivity contribution in [2.24, 2.45) is 5.41 Å². The van der Waals surface area contributed by atoms with Crippen LogP contribution in [0.3, 0.4) is 0 Å². The van der Waals surface area contributed by atoms with Crippen LogP contribution in [0.15, 0.2) is 66.9 Å². The van der Waals surface area contributed by atoms with Crippen LogP contribution >= 0.6 is 0 Å². The number of nitrogens with zero attached hydrogens (tertiary/aromatic N) is 8. The number of nitriles is 1. The molecule has 3 N–H and O–H groups in total. The molecule has 21 heteroatoms. The summed E-state index contributed by atoms with van der Waals surface area (Å²) in [5, 5.41) is 24.4. The minimum Gasteiger partial charge on any atom is -0.491 e. The van der Waals surface area contributed by atoms with Gasteiger partial charge in [-0.15, -0.1) is 0 Å². The predicted octanol–water partition coefficient (Wildman–Crippen LogP) is 5.93. The number of halogens is 1. The molecule has 0 spiro atoms. The maximum atomic E-state index is 14.7. The number of carbonyl (C=O) groups is 5. The van der Waals surface area contributed by atoms with Crippen LogP contribution in [-0.4, -0.2) is 143 Å². The summed E-state index contributed by atoms with van der Waals surface area (Å²) >= 11 is 0. The fraction of sp³-hybridized carbons (Fsp3) is 0.483. The Morgan fingerprint density at radius 2 is 1.73 bits per heavy atom. The van der Waals surface area contributed by atoms with Gasteiger partial charge in [0.1, 0.15) is 48.1 Å². The van der Waals surface area contributed by atoms with Gasteiger partial charge >= 0.3 is 0 Å². The van der Waals surface area contributed by atoms with E-state index in [-0.39, 0.29) is 125 Å². The van der Waals surface area contributed by atoms with Gasteiger partial charge in [-0.05, 0) is 105 Å². The molecule has 2 bridgehead atoms. The molecular weight excluding hydrogens is 1040 g/mol. The molecule has 0 saturated heterocycles. The van der Waals surface area contributed by atoms with Crippen LogP contribution in [0.2, 0.25) is 0 Å². The maximum Gasteiger partial charge on any atom is 0.254 e. The minimum absolute atomic E-state index is 0.00504. The lowest BCUT2D eigenvalue weighted by molar-refractivity contribution is -0.147. The number of ether oxygens (including phenoxy) is 4. The zero-order valence-corrected chi connectivity index (χ0v) is 47.8. The number of carbonyl (C=O) groups excluding carboxylic acids is 5. The van der Waals surface area contributed by atoms with Crippen LogP contribution in [0.4, 0.5) is 4.39 Å². The second kappa shape index (κ2) is 26.2. The summed E-state index contributed by atoms with van der Waals surface area (Å²) in [7, 11) is 4.94. The van der Waals surface area contributed by atoms with Crippen molar-refractivity contribution in [3.8, 4) is 29.0 Å². The average Bonchev–Trinajstić information content (AvgIpc) is 3.81. The van der Waals surface area contributed by atoms with Crippen molar-refractivity contribution in [3.05, 3.63) is 123 Å². The van der Waals surface area contributed by atoms with Crippen LogP contribution < -0.4 is 25.4 Å². The number of benzene rings is 3. The van der Waals surface area contributed by atoms with Crippen molar-refractivity contribution >= 4 is 29.5 Å². The highest BCUT2D eigenvalue weighted by Gasteiger charge is 2.43. The van der Waals surface area contributed by atoms with Crippen molar-refractivity contribution in [2.75, 3.05) is 60.7 Å². The molecular formula is C60H74FN11O9. The van der Waals surface area contributed by atoms with Crippen LogP contribution in [0.5, 0.6) is 11.6 Å². The summed E-state index contributed by atoms with van der Waals surface area (Å²) in [5.74, 6) is -1.25. The van der Waals surface area contributed by atoms with Crippen LogP contribution in [0.1, 0.15) is 121 Å². The Hall–Kier alpha value is -7.80. The lowest BCUT2D eigenvalue weighted by Crippen LogP contribution is -2.62. The fourth-order valence-corrected chi connectivity index (χ4v) is 10.4. The fourth-order valence-electron chi connectivity index (χ4n) is 10.4. The Morgan fingerprint density at radius 1 is 0.975 bits per heavy atom. The summed E-state index contributed by atoms with van der Waals surface area (Å²) in [6.07, 6.45) is 3.83. The van der Waals surface area contributed by atoms with Crippen LogP contribution in [0, 0.1) is 29.5 Å². The lowest BCUT2D eigenvalue weighted by Gasteiger charge is -2.41. The zero-order valence-electron chi connectivity index (χ0n) is 47.8. The van der Waals surface area contributed by atoms with Crippen molar-refractivity contribution < 1.29 is 47.3 Å². The highest BCUT2D eigenvalue weighted by atomic mass is 19.1. The molecule has 4 heterocycles. The lowest BCUT2D eigenvalue weighted by atomic mass is 9.83. The number of nitrogens with one attached hydrogen (secondary N) is 3. The third-order valence-corrected chi connectivity index (χ3v) is 15.2. The summed E-state index contributed by atoms with van der Waals surface area (Å²) in [6.45, 7) is 12.5. The minimum atomic E-state index is -0.909. The Balaban J connectivity index is 0.819. The van der Waals surface area contributed by atoms with Crippen LogP contribution in [0.25, 0.3) is 11.3 Å². The zero-order chi connectivity index (χ0) is 58.1. The van der Waals surface area contributed by atoms with E-state index < -0.39 is 35.5 Å². The number of hydrogen-bond donors (Lipinski definition) is 3. The Morgan fingerprint density at radius 3 is 2.48 bits per heavy atom. The van der Waals surface area contributed by atoms with Gasteiger partial charge < -0.3 is 49.6 Å². The largest absolute Gasteiger partial charge is 0.491 e. The van der Waals surface area contributed by atoms with E-state index >= 15 is 0 Å². The molecule has 430 valence electrons. The third kappa shape index (κ3) is 14.0. The van der Waals surface area contributed by atoms with E-state index in [0.717, 1.165) is 36.0 Å². The van der Waals surface area contributed by atoms with Gasteiger partial charge in [0, 0.05) is 44.7 Å². The normalized spacial score (nSPS) is 17.5. The highest BCUT2D eigenvalue weighted by Crippen LogP contribution is 2.35. The Bertz CT molecular complexity index is 3170. The van der Waals surface area contributed by atoms with Crippen molar-refractivity contribution in [2.45, 2.75) is 124 Å². The Labute approximate surface area is 472 Å². The SMILES string of the molecule is CN[C@H](C)C(=O)N[C@@H](C(=O)N1Cc2cc(OCCOCCOCCC(=O)N(C)CCn3nc4c(c3C#N)-c3cnc(C)c(n3)O[C@H](C)c3cc(F)ccc3C(=O)N(C)C4)ccc2C[C@@H]1C(=O)N[C@H]1CCCc2ccccc21)C(C)(C)C. The Kier molecular flexibility index (Phi) is 19.2. The van der Waals surface area contributed by atoms with Crippen molar-refractivity contribution in [1.82, 2.24) is 50.4 Å². The predicted molar refractivity (Wildman–Crippen MR) is 298 cm³/mol. The monoisotopic (exact) mass is 1110 g/mol. The molecule has 1 aliphatic carbocycles. The first kappa shape index (κ1) is 59.3. The number of hydrogen-bond acceptors (Lipinski definition) is 14. The van der Waals surface area contributed by atoms with E-state index in [0.29, 0.717) is 34.0 Å². The first-order chi connectivity index (χ1) is 38.8. The van der Waals surface area contributed by atoms with Gasteiger partial charge in [0.25, 0.3) is 5.91 Å². The molecule has 8 rings (SSSR count). The average molecular weight is 1110 g/mol. The molecule has 5 atom stereocenters. The summed E-state index contributed by atoms with van der Waals surface area (Å²) in [5.41, 5.74) is 5.71. The van der Waals surface area contributed by atoms with E-state index in [1.54, 1.807) is 46.8 Å². The molecule has 0 saturated carbocycles. The van der Waals surface area contributed by atoms with Crippen LogP contribution in [-0.2, 0) is 61.1 Å². The number of rotatable bonds is 19. The number of aromatic nitrogens is 4. The summed E-state index contributed by atoms with van der Waals surface area (Å²) < 4.78 is 39.7. The molecule has 5 aromatic rings. The van der Waals surface area contributed by atoms with E-state index in [9.17, 15) is 33.6 Å². The molecule has 2 aromatic heterocycles. The first-order valence-corrected chi connectivity index (χ1v) is 27.6. The highest BCUT2D eigenvalue weighted by molar-refractivity contribution is 5.96. The van der Waals surface area contributed by atoms with E-state index in [1.807, 2.05) is 51.1 Å². The third-order valence-electron chi connectivity index (χ3n) is 15.2. The standard InChI is InChI=1S/C60H74FN11O9/c1-36(63-7)55(74)67-54(60(4,5)6)59(77)71-34-41-29-43(19-17-40(41)30-50(71)56(75)65-47-16-12-14-39-13-10-11-15-44(39)47)80-28-27-79-26-25-78-24-21-52(73)69(8)22-23-72-51(32-62)53-48-33-64-37(2)57(66-48)81-38(3)46-31-42(61)18-20-45(46)58(76)70(9)35-49(53)68-72/h10-11,13,15,17-20,29,31,33,36,38,47,50,54,63H,12,14,16,21-28,30,34-35H2,1-9H3,(H,65,75)(H,67,74)/t36-,38-,47+,50-,54+/m1/s1. The first-order valence-electron chi connectivity index (χ1n) is 27.6. The number of amides is 5. The molecule has 0 radical (unpaired) electrons. The van der Waals surface area contributed by atoms with Gasteiger partial charge in [0.2, 0.25) is 29.5 Å². The van der Waals surface area contributed by atoms with Crippen molar-refractivity contribution in [1.29, 1.82) is 5.26 Å². The molecule has 3 aromatic carbocycles. The molecule has 0 fully saturated rings. The molecule has 20 nitrogen and oxygen atoms in total. The number of fused-ring (bicyclic) bond motifs is 7. The topological polar surface area (TPSA) is 235 Å². The summed E-state index contributed by atoms with van der Waals surface area (Å²) in [6, 6.07) is 17.6. The molecule has 81 heavy (non-hydrogen) atoms. The quantitative estimate of drug-likeness (QED) is 0.0814. The molecule has 5 amide bonds. The summed E-state index contributed by atoms with van der Waals surface area (Å²) in [4.78, 5) is 83.2. The van der Waals surface area contributed by atoms with Gasteiger partial charge in [-0.2, -0.15) is 10.4 Å². The van der Waals surface area contributed by atoms with Gasteiger partial charge in [0.15, 0.2) is 0 Å². The maximum absolute atomic E-state index is 14.7. The molecule has 2 aliphatic heterocycles. The molecule has 3 aliphatic rings. The van der Waals surface area contributed by atoms with E-state index in [4.69, 9.17) is 29.0 Å². The van der Waals surface area contributed by atoms with Gasteiger partial charge in [-0.25, -0.2) is 9.37 Å². The van der Waals surface area contributed by atoms with Crippen molar-refractivity contribution in [3.63, 3.8) is 0 Å². The number of likely N-dealkylation sites (N-methyl/N-ethyl adjacent to an activating group) is 2. The van der Waals surface area contributed by atoms with E-state index in [1.165, 1.54) is 44.4 Å². The molecule has 0 unspecified atom stereocenters. The second-order valence-electron chi connectivity index (χ2n) is 22.0. The van der Waals surface area contributed by atoms with Gasteiger partial charge in [-0.1, -0.05) is 51.1 Å². The number of aryl methyl sites for hydroxylation is 2. The second-order valence-corrected chi connectivity index (χ2v) is 22.0. The van der Waals surface area contributed by atoms with Gasteiger partial charge in [0.05, 0.1) is 86.9 Å². The van der Waals surface area contributed by atoms with E-state index in [2.05, 4.69) is 39.1 Å².